The molecule has 0 saturated carbocycles. The zero-order valence-corrected chi connectivity index (χ0v) is 5.28. The number of hydrogen-bond donors (Lipinski definition) is 0. The molecule has 0 N–H and O–H groups in total. The summed E-state index contributed by atoms with van der Waals surface area (Å²) in [6.45, 7) is 0. The quantitative estimate of drug-likeness (QED) is 0.452. The third kappa shape index (κ3) is 0.941. The van der Waals surface area contributed by atoms with Crippen LogP contribution >= 0.6 is 10.0 Å². The monoisotopic (exact) mass is 146 g/mol. The summed E-state index contributed by atoms with van der Waals surface area (Å²) in [5.74, 6) is 0. The number of allylic oxidation sites excluding steroid dienone is 1. The van der Waals surface area contributed by atoms with Crippen LogP contribution in [0.15, 0.2) is 11.5 Å². The zero-order valence-electron chi connectivity index (χ0n) is 2.59. The summed E-state index contributed by atoms with van der Waals surface area (Å²) >= 11 is 0.535. The topological polar surface area (TPSA) is 0 Å². The third-order valence-electron chi connectivity index (χ3n) is 0.347. The van der Waals surface area contributed by atoms with E-state index >= 15 is 0 Å². The molecule has 0 aliphatic carbocycles. The van der Waals surface area contributed by atoms with Crippen molar-refractivity contribution >= 4 is 29.0 Å². The minimum absolute atomic E-state index is 0.535. The van der Waals surface area contributed by atoms with Gasteiger partial charge < -0.3 is 0 Å². The molecule has 0 saturated heterocycles. The first-order valence-electron chi connectivity index (χ1n) is 1.34. The van der Waals surface area contributed by atoms with E-state index < -0.39 is 0 Å². The van der Waals surface area contributed by atoms with Crippen molar-refractivity contribution in [2.24, 2.45) is 0 Å². The van der Waals surface area contributed by atoms with Gasteiger partial charge in [0.2, 0.25) is 0 Å². The van der Waals surface area contributed by atoms with Gasteiger partial charge in [-0.05, 0) is 0 Å². The molecule has 1 aliphatic rings. The Morgan fingerprint density at radius 1 is 1.60 bits per heavy atom. The van der Waals surface area contributed by atoms with E-state index in [-0.39, 0.29) is 0 Å². The Balaban J connectivity index is 2.61. The van der Waals surface area contributed by atoms with Crippen molar-refractivity contribution in [2.75, 3.05) is 0 Å². The van der Waals surface area contributed by atoms with E-state index in [0.717, 1.165) is 0 Å². The van der Waals surface area contributed by atoms with E-state index in [2.05, 4.69) is 16.3 Å². The van der Waals surface area contributed by atoms with Crippen LogP contribution in [0, 0.1) is 0 Å². The Morgan fingerprint density at radius 3 is 2.80 bits per heavy atom. The first kappa shape index (κ1) is 3.70. The number of rotatable bonds is 0. The second-order valence-electron chi connectivity index (χ2n) is 0.688. The third-order valence-corrected chi connectivity index (χ3v) is 3.53. The van der Waals surface area contributed by atoms with Gasteiger partial charge in [0.05, 0.1) is 0 Å². The fraction of sp³-hybridized carbons (Fsp3) is 0. The molecule has 26 valence electrons. The van der Waals surface area contributed by atoms with Crippen molar-refractivity contribution in [2.45, 2.75) is 0 Å². The van der Waals surface area contributed by atoms with Gasteiger partial charge in [-0.2, -0.15) is 0 Å². The molecular weight excluding hydrogens is 143 g/mol. The van der Waals surface area contributed by atoms with E-state index in [1.807, 2.05) is 10.0 Å². The van der Waals surface area contributed by atoms with Gasteiger partial charge in [0.15, 0.2) is 0 Å². The van der Waals surface area contributed by atoms with Crippen LogP contribution < -0.4 is 0 Å². The molecule has 0 spiro atoms. The molecule has 0 aromatic carbocycles. The van der Waals surface area contributed by atoms with Gasteiger partial charge in [-0.15, -0.1) is 0 Å². The summed E-state index contributed by atoms with van der Waals surface area (Å²) in [5, 5.41) is 2.14. The second-order valence-corrected chi connectivity index (χ2v) is 4.66. The van der Waals surface area contributed by atoms with Gasteiger partial charge in [-0.3, -0.25) is 0 Å². The molecule has 0 nitrogen and oxygen atoms in total. The second kappa shape index (κ2) is 1.84. The Labute approximate surface area is 40.8 Å². The molecule has 0 amide bonds. The van der Waals surface area contributed by atoms with Crippen LogP contribution in [0.4, 0.5) is 0 Å². The molecule has 0 bridgehead atoms. The Hall–Kier alpha value is 0.518. The van der Waals surface area contributed by atoms with E-state index in [4.69, 9.17) is 0 Å². The Morgan fingerprint density at radius 2 is 2.60 bits per heavy atom. The van der Waals surface area contributed by atoms with Crippen molar-refractivity contribution in [3.63, 3.8) is 0 Å². The summed E-state index contributed by atoms with van der Waals surface area (Å²) in [6, 6.07) is 0. The average Bonchev–Trinajstić information content (AvgIpc) is 1.76. The van der Waals surface area contributed by atoms with Crippen molar-refractivity contribution in [1.29, 1.82) is 0 Å². The maximum absolute atomic E-state index is 2.24. The van der Waals surface area contributed by atoms with Gasteiger partial charge >= 0.3 is 40.5 Å². The summed E-state index contributed by atoms with van der Waals surface area (Å²) in [7, 11) is 1.93. The summed E-state index contributed by atoms with van der Waals surface area (Å²) in [6.07, 6.45) is 2.12. The van der Waals surface area contributed by atoms with Crippen molar-refractivity contribution in [3.05, 3.63) is 11.5 Å². The maximum atomic E-state index is 2.24. The normalized spacial score (nSPS) is 20.8. The molecule has 1 rings (SSSR count). The molecular formula is C3H3AsS. The number of hydrogen-bond acceptors (Lipinski definition) is 1. The van der Waals surface area contributed by atoms with Crippen molar-refractivity contribution in [3.8, 4) is 0 Å². The van der Waals surface area contributed by atoms with Crippen molar-refractivity contribution in [1.82, 2.24) is 0 Å². The van der Waals surface area contributed by atoms with Crippen molar-refractivity contribution < 1.29 is 0 Å². The molecule has 2 heteroatoms. The van der Waals surface area contributed by atoms with E-state index in [0.29, 0.717) is 14.2 Å². The van der Waals surface area contributed by atoms with E-state index in [1.165, 1.54) is 0 Å². The standard InChI is InChI=1S/C3H3AsS/c1-2-4-5-3-1/h1-3H. The molecule has 1 heterocycles. The van der Waals surface area contributed by atoms with Crippen LogP contribution in [-0.2, 0) is 0 Å². The van der Waals surface area contributed by atoms with Gasteiger partial charge in [0.1, 0.15) is 0 Å². The first-order chi connectivity index (χ1) is 2.50. The van der Waals surface area contributed by atoms with Crippen LogP contribution in [0.25, 0.3) is 0 Å². The molecule has 0 fully saturated rings. The predicted octanol–water partition coefficient (Wildman–Crippen LogP) is 0.668. The Bertz CT molecular complexity index is 65.0. The molecule has 0 aromatic rings. The fourth-order valence-electron chi connectivity index (χ4n) is 0.176. The zero-order chi connectivity index (χ0) is 3.54. The van der Waals surface area contributed by atoms with Gasteiger partial charge in [0.25, 0.3) is 0 Å². The molecule has 1 aliphatic heterocycles. The summed E-state index contributed by atoms with van der Waals surface area (Å²) < 4.78 is 0. The Kier molecular flexibility index (Phi) is 1.36. The summed E-state index contributed by atoms with van der Waals surface area (Å²) in [5.41, 5.74) is 0. The molecule has 5 heavy (non-hydrogen) atoms. The molecule has 0 atom stereocenters. The van der Waals surface area contributed by atoms with Crippen LogP contribution in [0.3, 0.4) is 0 Å². The van der Waals surface area contributed by atoms with Gasteiger partial charge in [0, 0.05) is 0 Å². The van der Waals surface area contributed by atoms with Crippen LogP contribution in [0.2, 0.25) is 0 Å². The first-order valence-corrected chi connectivity index (χ1v) is 5.56. The fourth-order valence-corrected chi connectivity index (χ4v) is 2.74. The molecule has 0 radical (unpaired) electrons. The van der Waals surface area contributed by atoms with E-state index in [1.54, 1.807) is 0 Å². The van der Waals surface area contributed by atoms with Gasteiger partial charge in [-0.1, -0.05) is 0 Å². The van der Waals surface area contributed by atoms with Crippen LogP contribution in [-0.4, -0.2) is 19.0 Å². The van der Waals surface area contributed by atoms with Gasteiger partial charge in [-0.25, -0.2) is 0 Å². The van der Waals surface area contributed by atoms with Crippen LogP contribution in [0.1, 0.15) is 0 Å². The van der Waals surface area contributed by atoms with Crippen LogP contribution in [0.5, 0.6) is 0 Å². The SMILES string of the molecule is C1=CS[As]=C1. The minimum atomic E-state index is 0.535. The molecule has 0 aromatic heterocycles. The average molecular weight is 146 g/mol. The predicted molar refractivity (Wildman–Crippen MR) is 28.5 cm³/mol. The van der Waals surface area contributed by atoms with E-state index in [9.17, 15) is 0 Å². The molecule has 0 unspecified atom stereocenters. The summed E-state index contributed by atoms with van der Waals surface area (Å²) in [4.78, 5) is 2.24.